The molecule has 1 N–H and O–H groups in total. The van der Waals surface area contributed by atoms with Crippen molar-refractivity contribution in [2.24, 2.45) is 5.92 Å². The minimum absolute atomic E-state index is 0.0383. The molecule has 21 heavy (non-hydrogen) atoms. The molecule has 0 aliphatic rings. The molecule has 5 nitrogen and oxygen atoms in total. The summed E-state index contributed by atoms with van der Waals surface area (Å²) in [7, 11) is 0. The Morgan fingerprint density at radius 1 is 1.10 bits per heavy atom. The van der Waals surface area contributed by atoms with E-state index in [1.165, 1.54) is 16.8 Å². The molecule has 0 aliphatic carbocycles. The number of hydrogen-bond acceptors (Lipinski definition) is 3. The summed E-state index contributed by atoms with van der Waals surface area (Å²) in [5, 5.41) is 7.02. The summed E-state index contributed by atoms with van der Waals surface area (Å²) in [6.07, 6.45) is 0. The summed E-state index contributed by atoms with van der Waals surface area (Å²) in [4.78, 5) is 24.1. The average molecular weight is 285 g/mol. The van der Waals surface area contributed by atoms with E-state index in [2.05, 4.69) is 10.4 Å². The molecule has 1 unspecified atom stereocenters. The molecule has 0 saturated heterocycles. The van der Waals surface area contributed by atoms with Gasteiger partial charge in [-0.1, -0.05) is 32.0 Å². The lowest BCUT2D eigenvalue weighted by molar-refractivity contribution is 0.0923. The van der Waals surface area contributed by atoms with E-state index in [9.17, 15) is 9.59 Å². The monoisotopic (exact) mass is 285 g/mol. The van der Waals surface area contributed by atoms with Crippen molar-refractivity contribution in [1.29, 1.82) is 0 Å². The Labute approximate surface area is 123 Å². The summed E-state index contributed by atoms with van der Waals surface area (Å²) < 4.78 is 1.23. The van der Waals surface area contributed by atoms with Crippen molar-refractivity contribution in [2.75, 3.05) is 0 Å². The zero-order valence-corrected chi connectivity index (χ0v) is 12.4. The summed E-state index contributed by atoms with van der Waals surface area (Å²) in [6, 6.07) is 11.9. The van der Waals surface area contributed by atoms with Crippen LogP contribution in [0, 0.1) is 5.92 Å². The third-order valence-corrected chi connectivity index (χ3v) is 3.39. The number of nitrogens with zero attached hydrogens (tertiary/aromatic N) is 2. The van der Waals surface area contributed by atoms with Gasteiger partial charge >= 0.3 is 0 Å². The maximum Gasteiger partial charge on any atom is 0.271 e. The van der Waals surface area contributed by atoms with E-state index in [0.717, 1.165) is 0 Å². The molecule has 0 saturated carbocycles. The molecule has 110 valence electrons. The first-order chi connectivity index (χ1) is 9.99. The second kappa shape index (κ2) is 6.35. The molecule has 0 radical (unpaired) electrons. The summed E-state index contributed by atoms with van der Waals surface area (Å²) in [6.45, 7) is 6.00. The van der Waals surface area contributed by atoms with Gasteiger partial charge in [-0.15, -0.1) is 0 Å². The van der Waals surface area contributed by atoms with Gasteiger partial charge in [-0.3, -0.25) is 9.59 Å². The topological polar surface area (TPSA) is 64.0 Å². The van der Waals surface area contributed by atoms with Gasteiger partial charge in [0.25, 0.3) is 11.5 Å². The molecule has 0 spiro atoms. The fraction of sp³-hybridized carbons (Fsp3) is 0.312. The van der Waals surface area contributed by atoms with Crippen molar-refractivity contribution in [3.05, 3.63) is 58.5 Å². The van der Waals surface area contributed by atoms with Crippen molar-refractivity contribution < 1.29 is 4.79 Å². The first kappa shape index (κ1) is 15.0. The maximum atomic E-state index is 12.2. The predicted octanol–water partition coefficient (Wildman–Crippen LogP) is 2.01. The zero-order chi connectivity index (χ0) is 15.4. The van der Waals surface area contributed by atoms with Gasteiger partial charge in [0.05, 0.1) is 5.69 Å². The molecule has 1 aromatic heterocycles. The zero-order valence-electron chi connectivity index (χ0n) is 12.4. The fourth-order valence-corrected chi connectivity index (χ4v) is 1.73. The summed E-state index contributed by atoms with van der Waals surface area (Å²) in [5.74, 6) is 0.0508. The van der Waals surface area contributed by atoms with E-state index in [1.807, 2.05) is 39.0 Å². The highest BCUT2D eigenvalue weighted by Crippen LogP contribution is 2.04. The number of benzene rings is 1. The van der Waals surface area contributed by atoms with E-state index in [0.29, 0.717) is 11.6 Å². The molecule has 1 heterocycles. The van der Waals surface area contributed by atoms with Crippen LogP contribution in [-0.4, -0.2) is 21.7 Å². The molecule has 0 fully saturated rings. The Morgan fingerprint density at radius 3 is 2.38 bits per heavy atom. The Balaban J connectivity index is 2.31. The quantitative estimate of drug-likeness (QED) is 0.934. The number of nitrogens with one attached hydrogen (secondary N) is 1. The van der Waals surface area contributed by atoms with Crippen LogP contribution < -0.4 is 10.9 Å². The molecular formula is C16H19N3O2. The van der Waals surface area contributed by atoms with Crippen molar-refractivity contribution in [1.82, 2.24) is 15.1 Å². The average Bonchev–Trinajstić information content (AvgIpc) is 2.48. The minimum atomic E-state index is -0.277. The van der Waals surface area contributed by atoms with Crippen LogP contribution in [0.5, 0.6) is 0 Å². The van der Waals surface area contributed by atoms with Crippen molar-refractivity contribution in [2.45, 2.75) is 26.8 Å². The molecule has 1 atom stereocenters. The van der Waals surface area contributed by atoms with Crippen LogP contribution in [0.25, 0.3) is 5.69 Å². The summed E-state index contributed by atoms with van der Waals surface area (Å²) in [5.41, 5.74) is 0.592. The lowest BCUT2D eigenvalue weighted by Crippen LogP contribution is -2.37. The molecule has 2 rings (SSSR count). The minimum Gasteiger partial charge on any atom is -0.348 e. The van der Waals surface area contributed by atoms with E-state index in [4.69, 9.17) is 0 Å². The van der Waals surface area contributed by atoms with Crippen LogP contribution in [0.15, 0.2) is 47.3 Å². The maximum absolute atomic E-state index is 12.2. The largest absolute Gasteiger partial charge is 0.348 e. The van der Waals surface area contributed by atoms with E-state index >= 15 is 0 Å². The third-order valence-electron chi connectivity index (χ3n) is 3.39. The van der Waals surface area contributed by atoms with Crippen molar-refractivity contribution in [3.8, 4) is 5.69 Å². The van der Waals surface area contributed by atoms with Gasteiger partial charge in [-0.05, 0) is 31.0 Å². The van der Waals surface area contributed by atoms with E-state index in [1.54, 1.807) is 12.1 Å². The van der Waals surface area contributed by atoms with E-state index < -0.39 is 0 Å². The molecule has 1 aromatic carbocycles. The van der Waals surface area contributed by atoms with Crippen LogP contribution in [0.2, 0.25) is 0 Å². The van der Waals surface area contributed by atoms with Gasteiger partial charge in [-0.2, -0.15) is 9.78 Å². The van der Waals surface area contributed by atoms with Gasteiger partial charge in [0.1, 0.15) is 5.69 Å². The molecule has 2 aromatic rings. The summed E-state index contributed by atoms with van der Waals surface area (Å²) >= 11 is 0. The third kappa shape index (κ3) is 3.56. The Bertz CT molecular complexity index is 677. The van der Waals surface area contributed by atoms with E-state index in [-0.39, 0.29) is 23.2 Å². The number of aromatic nitrogens is 2. The van der Waals surface area contributed by atoms with Crippen LogP contribution in [0.1, 0.15) is 31.3 Å². The predicted molar refractivity (Wildman–Crippen MR) is 81.6 cm³/mol. The highest BCUT2D eigenvalue weighted by molar-refractivity contribution is 5.92. The standard InChI is InChI=1S/C16H19N3O2/c1-11(2)12(3)17-16(21)14-9-10-15(20)19(18-14)13-7-5-4-6-8-13/h4-12H,1-3H3,(H,17,21). The Morgan fingerprint density at radius 2 is 1.76 bits per heavy atom. The smallest absolute Gasteiger partial charge is 0.271 e. The number of rotatable bonds is 4. The molecular weight excluding hydrogens is 266 g/mol. The van der Waals surface area contributed by atoms with Gasteiger partial charge in [-0.25, -0.2) is 0 Å². The second-order valence-corrected chi connectivity index (χ2v) is 5.31. The fourth-order valence-electron chi connectivity index (χ4n) is 1.73. The van der Waals surface area contributed by atoms with Crippen LogP contribution >= 0.6 is 0 Å². The van der Waals surface area contributed by atoms with Crippen molar-refractivity contribution >= 4 is 5.91 Å². The highest BCUT2D eigenvalue weighted by atomic mass is 16.2. The van der Waals surface area contributed by atoms with Crippen LogP contribution in [-0.2, 0) is 0 Å². The molecule has 1 amide bonds. The SMILES string of the molecule is CC(C)C(C)NC(=O)c1ccc(=O)n(-c2ccccc2)n1. The second-order valence-electron chi connectivity index (χ2n) is 5.31. The van der Waals surface area contributed by atoms with Gasteiger partial charge in [0, 0.05) is 12.1 Å². The Hall–Kier alpha value is -2.43. The number of hydrogen-bond donors (Lipinski definition) is 1. The molecule has 0 bridgehead atoms. The Kier molecular flexibility index (Phi) is 4.52. The van der Waals surface area contributed by atoms with Crippen molar-refractivity contribution in [3.63, 3.8) is 0 Å². The first-order valence-electron chi connectivity index (χ1n) is 6.95. The number of amides is 1. The normalized spacial score (nSPS) is 12.2. The lowest BCUT2D eigenvalue weighted by atomic mass is 10.1. The van der Waals surface area contributed by atoms with Crippen LogP contribution in [0.4, 0.5) is 0 Å². The highest BCUT2D eigenvalue weighted by Gasteiger charge is 2.15. The number of carbonyl (C=O) groups excluding carboxylic acids is 1. The molecule has 5 heteroatoms. The van der Waals surface area contributed by atoms with Gasteiger partial charge < -0.3 is 5.32 Å². The number of para-hydroxylation sites is 1. The number of carbonyl (C=O) groups is 1. The molecule has 0 aliphatic heterocycles. The first-order valence-corrected chi connectivity index (χ1v) is 6.95. The van der Waals surface area contributed by atoms with Gasteiger partial charge in [0.2, 0.25) is 0 Å². The van der Waals surface area contributed by atoms with Crippen LogP contribution in [0.3, 0.4) is 0 Å². The van der Waals surface area contributed by atoms with Gasteiger partial charge in [0.15, 0.2) is 0 Å². The lowest BCUT2D eigenvalue weighted by Gasteiger charge is -2.17.